The zero-order chi connectivity index (χ0) is 23.1. The normalized spacial score (nSPS) is 13.7. The lowest BCUT2D eigenvalue weighted by Crippen LogP contribution is -2.23. The Morgan fingerprint density at radius 2 is 1.88 bits per heavy atom. The molecule has 4 N–H and O–H groups in total. The summed E-state index contributed by atoms with van der Waals surface area (Å²) < 4.78 is 1.76. The van der Waals surface area contributed by atoms with Crippen LogP contribution in [0.5, 0.6) is 0 Å². The third-order valence-corrected chi connectivity index (χ3v) is 6.21. The quantitative estimate of drug-likeness (QED) is 0.440. The minimum atomic E-state index is -0.438. The molecule has 1 saturated heterocycles. The molecule has 4 aromatic rings. The lowest BCUT2D eigenvalue weighted by atomic mass is 10.1. The molecule has 168 valence electrons. The predicted molar refractivity (Wildman–Crippen MR) is 130 cm³/mol. The van der Waals surface area contributed by atoms with Crippen LogP contribution >= 0.6 is 0 Å². The molecule has 33 heavy (non-hydrogen) atoms. The summed E-state index contributed by atoms with van der Waals surface area (Å²) in [5, 5.41) is 4.85. The SMILES string of the molecule is Cc1cc(=O)[nH]c2ccc(NC(=O)c3cc4c(ccn4CC(N)=O)cc3N3CCCC3)cc12. The fourth-order valence-electron chi connectivity index (χ4n) is 4.63. The summed E-state index contributed by atoms with van der Waals surface area (Å²) in [6.07, 6.45) is 3.99. The van der Waals surface area contributed by atoms with Crippen molar-refractivity contribution in [3.05, 3.63) is 70.1 Å². The summed E-state index contributed by atoms with van der Waals surface area (Å²) in [7, 11) is 0. The summed E-state index contributed by atoms with van der Waals surface area (Å²) in [6.45, 7) is 3.72. The molecule has 0 atom stereocenters. The van der Waals surface area contributed by atoms with Gasteiger partial charge in [-0.15, -0.1) is 0 Å². The average molecular weight is 444 g/mol. The number of aryl methyl sites for hydroxylation is 1. The third-order valence-electron chi connectivity index (χ3n) is 6.21. The summed E-state index contributed by atoms with van der Waals surface area (Å²) in [5.74, 6) is -0.668. The van der Waals surface area contributed by atoms with Gasteiger partial charge in [-0.2, -0.15) is 0 Å². The monoisotopic (exact) mass is 443 g/mol. The Kier molecular flexibility index (Phi) is 5.12. The topological polar surface area (TPSA) is 113 Å². The van der Waals surface area contributed by atoms with Crippen LogP contribution in [0.2, 0.25) is 0 Å². The van der Waals surface area contributed by atoms with E-state index in [2.05, 4.69) is 15.2 Å². The zero-order valence-corrected chi connectivity index (χ0v) is 18.4. The van der Waals surface area contributed by atoms with Crippen LogP contribution in [0.3, 0.4) is 0 Å². The van der Waals surface area contributed by atoms with Crippen molar-refractivity contribution >= 4 is 45.0 Å². The molecule has 0 aliphatic carbocycles. The number of aromatic amines is 1. The number of rotatable bonds is 5. The number of nitrogens with one attached hydrogen (secondary N) is 2. The Morgan fingerprint density at radius 3 is 2.64 bits per heavy atom. The maximum absolute atomic E-state index is 13.5. The van der Waals surface area contributed by atoms with Crippen molar-refractivity contribution in [2.24, 2.45) is 5.73 Å². The van der Waals surface area contributed by atoms with Crippen molar-refractivity contribution < 1.29 is 9.59 Å². The molecule has 1 fully saturated rings. The van der Waals surface area contributed by atoms with Gasteiger partial charge in [0.1, 0.15) is 6.54 Å². The molecule has 2 aromatic carbocycles. The molecule has 5 rings (SSSR count). The number of nitrogens with two attached hydrogens (primary N) is 1. The molecule has 3 heterocycles. The summed E-state index contributed by atoms with van der Waals surface area (Å²) in [4.78, 5) is 41.7. The van der Waals surface area contributed by atoms with Crippen molar-refractivity contribution in [3.8, 4) is 0 Å². The second kappa shape index (κ2) is 8.12. The number of benzene rings is 2. The number of pyridine rings is 1. The first-order chi connectivity index (χ1) is 15.9. The van der Waals surface area contributed by atoms with Gasteiger partial charge in [-0.1, -0.05) is 0 Å². The Hall–Kier alpha value is -4.07. The van der Waals surface area contributed by atoms with Crippen molar-refractivity contribution in [2.45, 2.75) is 26.3 Å². The maximum Gasteiger partial charge on any atom is 0.257 e. The fourth-order valence-corrected chi connectivity index (χ4v) is 4.63. The highest BCUT2D eigenvalue weighted by molar-refractivity contribution is 6.11. The van der Waals surface area contributed by atoms with Gasteiger partial charge in [0.25, 0.3) is 5.91 Å². The Bertz CT molecular complexity index is 1460. The van der Waals surface area contributed by atoms with E-state index in [0.717, 1.165) is 59.0 Å². The van der Waals surface area contributed by atoms with Crippen LogP contribution in [-0.2, 0) is 11.3 Å². The van der Waals surface area contributed by atoms with E-state index in [-0.39, 0.29) is 18.0 Å². The van der Waals surface area contributed by atoms with Crippen molar-refractivity contribution in [3.63, 3.8) is 0 Å². The largest absolute Gasteiger partial charge is 0.371 e. The molecule has 2 aromatic heterocycles. The zero-order valence-electron chi connectivity index (χ0n) is 18.4. The molecule has 0 unspecified atom stereocenters. The number of amides is 2. The second-order valence-corrected chi connectivity index (χ2v) is 8.56. The van der Waals surface area contributed by atoms with Crippen LogP contribution in [0.1, 0.15) is 28.8 Å². The molecule has 0 spiro atoms. The lowest BCUT2D eigenvalue weighted by Gasteiger charge is -2.22. The molecule has 1 aliphatic rings. The van der Waals surface area contributed by atoms with E-state index in [1.807, 2.05) is 37.4 Å². The van der Waals surface area contributed by atoms with Gasteiger partial charge in [0.05, 0.1) is 11.3 Å². The van der Waals surface area contributed by atoms with Gasteiger partial charge in [0.15, 0.2) is 0 Å². The maximum atomic E-state index is 13.5. The number of nitrogens with zero attached hydrogens (tertiary/aromatic N) is 2. The number of hydrogen-bond donors (Lipinski definition) is 3. The highest BCUT2D eigenvalue weighted by Crippen LogP contribution is 2.31. The van der Waals surface area contributed by atoms with E-state index in [1.54, 1.807) is 22.8 Å². The Balaban J connectivity index is 1.56. The van der Waals surface area contributed by atoms with E-state index in [1.165, 1.54) is 0 Å². The lowest BCUT2D eigenvalue weighted by molar-refractivity contribution is -0.118. The molecule has 2 amide bonds. The van der Waals surface area contributed by atoms with Gasteiger partial charge in [-0.05, 0) is 61.7 Å². The van der Waals surface area contributed by atoms with E-state index < -0.39 is 5.91 Å². The number of hydrogen-bond acceptors (Lipinski definition) is 4. The first-order valence-corrected chi connectivity index (χ1v) is 11.0. The van der Waals surface area contributed by atoms with Crippen LogP contribution in [0.15, 0.2) is 53.5 Å². The number of anilines is 2. The van der Waals surface area contributed by atoms with Gasteiger partial charge >= 0.3 is 0 Å². The first-order valence-electron chi connectivity index (χ1n) is 11.0. The average Bonchev–Trinajstić information content (AvgIpc) is 3.43. The molecular weight excluding hydrogens is 418 g/mol. The molecule has 0 saturated carbocycles. The fraction of sp³-hybridized carbons (Fsp3) is 0.240. The molecule has 8 heteroatoms. The van der Waals surface area contributed by atoms with E-state index in [9.17, 15) is 14.4 Å². The standard InChI is InChI=1S/C25H25N5O3/c1-15-10-24(32)28-20-5-4-17(12-18(15)20)27-25(33)19-13-21-16(6-9-30(21)14-23(26)31)11-22(19)29-7-2-3-8-29/h4-6,9-13H,2-3,7-8,14H2,1H3,(H2,26,31)(H,27,33)(H,28,32). The van der Waals surface area contributed by atoms with Crippen LogP contribution < -0.4 is 21.5 Å². The minimum Gasteiger partial charge on any atom is -0.371 e. The summed E-state index contributed by atoms with van der Waals surface area (Å²) in [6, 6.07) is 12.8. The number of carbonyl (C=O) groups excluding carboxylic acids is 2. The van der Waals surface area contributed by atoms with Crippen LogP contribution in [0.4, 0.5) is 11.4 Å². The number of aromatic nitrogens is 2. The summed E-state index contributed by atoms with van der Waals surface area (Å²) in [5.41, 5.74) is 9.67. The smallest absolute Gasteiger partial charge is 0.257 e. The summed E-state index contributed by atoms with van der Waals surface area (Å²) >= 11 is 0. The molecular formula is C25H25N5O3. The van der Waals surface area contributed by atoms with Crippen LogP contribution in [0, 0.1) is 6.92 Å². The highest BCUT2D eigenvalue weighted by atomic mass is 16.2. The van der Waals surface area contributed by atoms with Gasteiger partial charge in [0.2, 0.25) is 11.5 Å². The molecule has 1 aliphatic heterocycles. The number of fused-ring (bicyclic) bond motifs is 2. The van der Waals surface area contributed by atoms with Crippen LogP contribution in [-0.4, -0.2) is 34.5 Å². The van der Waals surface area contributed by atoms with Crippen molar-refractivity contribution in [1.82, 2.24) is 9.55 Å². The number of primary amides is 1. The minimum absolute atomic E-state index is 0.0514. The Morgan fingerprint density at radius 1 is 1.09 bits per heavy atom. The van der Waals surface area contributed by atoms with E-state index in [0.29, 0.717) is 11.3 Å². The van der Waals surface area contributed by atoms with Crippen molar-refractivity contribution in [2.75, 3.05) is 23.3 Å². The second-order valence-electron chi connectivity index (χ2n) is 8.56. The van der Waals surface area contributed by atoms with E-state index >= 15 is 0 Å². The predicted octanol–water partition coefficient (Wildman–Crippen LogP) is 3.13. The van der Waals surface area contributed by atoms with E-state index in [4.69, 9.17) is 5.73 Å². The van der Waals surface area contributed by atoms with Gasteiger partial charge in [-0.3, -0.25) is 14.4 Å². The Labute approximate surface area is 190 Å². The van der Waals surface area contributed by atoms with Gasteiger partial charge < -0.3 is 25.5 Å². The first kappa shape index (κ1) is 20.8. The van der Waals surface area contributed by atoms with Crippen LogP contribution in [0.25, 0.3) is 21.8 Å². The third kappa shape index (κ3) is 3.95. The molecule has 0 radical (unpaired) electrons. The highest BCUT2D eigenvalue weighted by Gasteiger charge is 2.22. The van der Waals surface area contributed by atoms with Gasteiger partial charge in [-0.25, -0.2) is 0 Å². The van der Waals surface area contributed by atoms with Crippen molar-refractivity contribution in [1.29, 1.82) is 0 Å². The molecule has 8 nitrogen and oxygen atoms in total. The molecule has 0 bridgehead atoms. The number of H-pyrrole nitrogens is 1. The van der Waals surface area contributed by atoms with Gasteiger partial charge in [0, 0.05) is 52.8 Å². The number of carbonyl (C=O) groups is 2.